The van der Waals surface area contributed by atoms with E-state index < -0.39 is 22.5 Å². The molecule has 0 atom stereocenters. The number of amides is 1. The highest BCUT2D eigenvalue weighted by atomic mass is 35.5. The number of likely N-dealkylation sites (N-methyl/N-ethyl adjacent to an activating group) is 1. The molecule has 10 nitrogen and oxygen atoms in total. The normalized spacial score (nSPS) is 13.6. The second-order valence-electron chi connectivity index (χ2n) is 6.97. The summed E-state index contributed by atoms with van der Waals surface area (Å²) in [6.45, 7) is 0.516. The predicted octanol–water partition coefficient (Wildman–Crippen LogP) is 2.34. The van der Waals surface area contributed by atoms with Gasteiger partial charge in [-0.25, -0.2) is 18.1 Å². The summed E-state index contributed by atoms with van der Waals surface area (Å²) < 4.78 is 39.5. The van der Waals surface area contributed by atoms with Crippen molar-refractivity contribution in [2.45, 2.75) is 11.3 Å². The van der Waals surface area contributed by atoms with Crippen LogP contribution in [0.4, 0.5) is 5.69 Å². The van der Waals surface area contributed by atoms with Crippen molar-refractivity contribution in [1.29, 1.82) is 0 Å². The van der Waals surface area contributed by atoms with E-state index in [1.54, 1.807) is 24.3 Å². The molecule has 168 valence electrons. The highest BCUT2D eigenvalue weighted by molar-refractivity contribution is 7.89. The van der Waals surface area contributed by atoms with E-state index in [4.69, 9.17) is 21.1 Å². The van der Waals surface area contributed by atoms with E-state index in [2.05, 4.69) is 15.4 Å². The predicted molar refractivity (Wildman–Crippen MR) is 117 cm³/mol. The molecule has 0 radical (unpaired) electrons. The fourth-order valence-electron chi connectivity index (χ4n) is 3.10. The van der Waals surface area contributed by atoms with Gasteiger partial charge in [0.25, 0.3) is 0 Å². The van der Waals surface area contributed by atoms with Crippen LogP contribution in [0.1, 0.15) is 6.42 Å². The first-order chi connectivity index (χ1) is 15.3. The van der Waals surface area contributed by atoms with Crippen molar-refractivity contribution in [2.24, 2.45) is 0 Å². The molecular weight excluding hydrogens is 458 g/mol. The van der Waals surface area contributed by atoms with Crippen LogP contribution in [0.2, 0.25) is 5.02 Å². The second-order valence-corrected chi connectivity index (χ2v) is 9.45. The first kappa shape index (κ1) is 22.1. The van der Waals surface area contributed by atoms with Gasteiger partial charge in [-0.15, -0.1) is 0 Å². The summed E-state index contributed by atoms with van der Waals surface area (Å²) in [7, 11) is -2.62. The lowest BCUT2D eigenvalue weighted by Gasteiger charge is -2.18. The Morgan fingerprint density at radius 1 is 1.19 bits per heavy atom. The molecule has 1 amide bonds. The Hall–Kier alpha value is -3.15. The molecule has 0 fully saturated rings. The molecular formula is C20H20ClN5O5S. The quantitative estimate of drug-likeness (QED) is 0.579. The SMILES string of the molecule is CN(CC(=O)Nc1cc(Cl)ccc1-n1cncn1)S(=O)(=O)c1ccc2c(c1)OCCCO2. The summed E-state index contributed by atoms with van der Waals surface area (Å²) in [6, 6.07) is 9.26. The van der Waals surface area contributed by atoms with Crippen molar-refractivity contribution in [3.8, 4) is 17.2 Å². The van der Waals surface area contributed by atoms with Gasteiger partial charge in [0.1, 0.15) is 12.7 Å². The summed E-state index contributed by atoms with van der Waals surface area (Å²) in [6.07, 6.45) is 3.53. The zero-order valence-electron chi connectivity index (χ0n) is 17.1. The molecule has 4 rings (SSSR count). The van der Waals surface area contributed by atoms with Crippen LogP contribution in [0.15, 0.2) is 53.9 Å². The van der Waals surface area contributed by atoms with E-state index in [0.717, 1.165) is 4.31 Å². The number of hydrogen-bond acceptors (Lipinski definition) is 7. The Morgan fingerprint density at radius 2 is 1.97 bits per heavy atom. The number of aromatic nitrogens is 3. The molecule has 2 aromatic carbocycles. The maximum Gasteiger partial charge on any atom is 0.243 e. The van der Waals surface area contributed by atoms with E-state index in [1.807, 2.05) is 0 Å². The van der Waals surface area contributed by atoms with Gasteiger partial charge in [0, 0.05) is 24.6 Å². The minimum atomic E-state index is -3.95. The molecule has 0 unspecified atom stereocenters. The third-order valence-electron chi connectivity index (χ3n) is 4.69. The third-order valence-corrected chi connectivity index (χ3v) is 6.73. The van der Waals surface area contributed by atoms with Gasteiger partial charge in [-0.05, 0) is 30.3 Å². The minimum absolute atomic E-state index is 0.00288. The number of fused-ring (bicyclic) bond motifs is 1. The molecule has 12 heteroatoms. The van der Waals surface area contributed by atoms with Gasteiger partial charge >= 0.3 is 0 Å². The lowest BCUT2D eigenvalue weighted by Crippen LogP contribution is -2.35. The molecule has 32 heavy (non-hydrogen) atoms. The van der Waals surface area contributed by atoms with Gasteiger partial charge in [-0.3, -0.25) is 4.79 Å². The Morgan fingerprint density at radius 3 is 2.72 bits per heavy atom. The van der Waals surface area contributed by atoms with Gasteiger partial charge in [0.05, 0.1) is 36.0 Å². The van der Waals surface area contributed by atoms with E-state index >= 15 is 0 Å². The zero-order valence-corrected chi connectivity index (χ0v) is 18.6. The number of carbonyl (C=O) groups is 1. The Kier molecular flexibility index (Phi) is 6.31. The standard InChI is InChI=1S/C20H20ClN5O5S/c1-25(32(28,29)15-4-6-18-19(10-15)31-8-2-7-30-18)11-20(27)24-16-9-14(21)3-5-17(16)26-13-22-12-23-26/h3-6,9-10,12-13H,2,7-8,11H2,1H3,(H,24,27). The zero-order chi connectivity index (χ0) is 22.7. The number of rotatable bonds is 6. The lowest BCUT2D eigenvalue weighted by atomic mass is 10.2. The third kappa shape index (κ3) is 4.69. The van der Waals surface area contributed by atoms with Crippen LogP contribution < -0.4 is 14.8 Å². The molecule has 0 saturated carbocycles. The number of nitrogens with one attached hydrogen (secondary N) is 1. The summed E-state index contributed by atoms with van der Waals surface area (Å²) >= 11 is 6.06. The molecule has 1 aliphatic heterocycles. The molecule has 1 aliphatic rings. The maximum absolute atomic E-state index is 13.0. The smallest absolute Gasteiger partial charge is 0.243 e. The Bertz CT molecular complexity index is 1230. The maximum atomic E-state index is 13.0. The average molecular weight is 478 g/mol. The molecule has 0 aliphatic carbocycles. The van der Waals surface area contributed by atoms with Crippen LogP contribution in [0.25, 0.3) is 5.69 Å². The van der Waals surface area contributed by atoms with Crippen LogP contribution in [0.3, 0.4) is 0 Å². The van der Waals surface area contributed by atoms with Gasteiger partial charge in [-0.2, -0.15) is 9.40 Å². The average Bonchev–Trinajstić information content (AvgIpc) is 3.18. The van der Waals surface area contributed by atoms with Gasteiger partial charge in [0.15, 0.2) is 11.5 Å². The van der Waals surface area contributed by atoms with E-state index in [-0.39, 0.29) is 4.90 Å². The fraction of sp³-hybridized carbons (Fsp3) is 0.250. The van der Waals surface area contributed by atoms with Gasteiger partial charge in [0.2, 0.25) is 15.9 Å². The summed E-state index contributed by atoms with van der Waals surface area (Å²) in [5.41, 5.74) is 0.906. The topological polar surface area (TPSA) is 116 Å². The lowest BCUT2D eigenvalue weighted by molar-refractivity contribution is -0.116. The van der Waals surface area contributed by atoms with Crippen molar-refractivity contribution in [1.82, 2.24) is 19.1 Å². The summed E-state index contributed by atoms with van der Waals surface area (Å²) in [5.74, 6) is 0.301. The van der Waals surface area contributed by atoms with Crippen LogP contribution in [-0.4, -0.2) is 60.2 Å². The van der Waals surface area contributed by atoms with Gasteiger partial charge in [-0.1, -0.05) is 11.6 Å². The first-order valence-corrected chi connectivity index (χ1v) is 11.5. The van der Waals surface area contributed by atoms with Crippen LogP contribution >= 0.6 is 11.6 Å². The number of ether oxygens (including phenoxy) is 2. The second kappa shape index (κ2) is 9.15. The first-order valence-electron chi connectivity index (χ1n) is 9.65. The fourth-order valence-corrected chi connectivity index (χ4v) is 4.42. The number of benzene rings is 2. The number of anilines is 1. The minimum Gasteiger partial charge on any atom is -0.490 e. The molecule has 1 aromatic heterocycles. The van der Waals surface area contributed by atoms with Crippen LogP contribution in [0.5, 0.6) is 11.5 Å². The number of halogens is 1. The van der Waals surface area contributed by atoms with Gasteiger partial charge < -0.3 is 14.8 Å². The number of hydrogen-bond donors (Lipinski definition) is 1. The van der Waals surface area contributed by atoms with Crippen molar-refractivity contribution in [3.63, 3.8) is 0 Å². The van der Waals surface area contributed by atoms with Crippen LogP contribution in [-0.2, 0) is 14.8 Å². The molecule has 0 bridgehead atoms. The molecule has 2 heterocycles. The highest BCUT2D eigenvalue weighted by Gasteiger charge is 2.25. The van der Waals surface area contributed by atoms with Crippen LogP contribution in [0, 0.1) is 0 Å². The van der Waals surface area contributed by atoms with Crippen molar-refractivity contribution in [2.75, 3.05) is 32.1 Å². The van der Waals surface area contributed by atoms with E-state index in [9.17, 15) is 13.2 Å². The van der Waals surface area contributed by atoms with Crippen molar-refractivity contribution < 1.29 is 22.7 Å². The van der Waals surface area contributed by atoms with Crippen molar-refractivity contribution >= 4 is 33.2 Å². The summed E-state index contributed by atoms with van der Waals surface area (Å²) in [5, 5.41) is 7.14. The number of carbonyl (C=O) groups excluding carboxylic acids is 1. The monoisotopic (exact) mass is 477 g/mol. The van der Waals surface area contributed by atoms with Crippen molar-refractivity contribution in [3.05, 3.63) is 54.1 Å². The molecule has 1 N–H and O–H groups in total. The van der Waals surface area contributed by atoms with E-state index in [1.165, 1.54) is 36.5 Å². The number of nitrogens with zero attached hydrogens (tertiary/aromatic N) is 4. The van der Waals surface area contributed by atoms with E-state index in [0.29, 0.717) is 47.5 Å². The molecule has 3 aromatic rings. The highest BCUT2D eigenvalue weighted by Crippen LogP contribution is 2.32. The Labute approximate surface area is 189 Å². The molecule has 0 saturated heterocycles. The largest absolute Gasteiger partial charge is 0.490 e. The molecule has 0 spiro atoms. The number of sulfonamides is 1. The summed E-state index contributed by atoms with van der Waals surface area (Å²) in [4.78, 5) is 16.6. The Balaban J connectivity index is 1.51.